The van der Waals surface area contributed by atoms with Crippen LogP contribution in [0.15, 0.2) is 6.20 Å². The second kappa shape index (κ2) is 2.09. The molecule has 64 valence electrons. The minimum absolute atomic E-state index is 0.604. The van der Waals surface area contributed by atoms with Gasteiger partial charge in [0.15, 0.2) is 0 Å². The van der Waals surface area contributed by atoms with Crippen LogP contribution in [-0.2, 0) is 10.2 Å². The number of carboxylic acids is 1. The largest absolute Gasteiger partial charge is 0.480 e. The average Bonchev–Trinajstić information content (AvgIpc) is 2.71. The molecule has 0 saturated heterocycles. The summed E-state index contributed by atoms with van der Waals surface area (Å²) in [6, 6.07) is 0. The van der Waals surface area contributed by atoms with E-state index in [0.717, 1.165) is 5.69 Å². The van der Waals surface area contributed by atoms with Gasteiger partial charge < -0.3 is 10.1 Å². The van der Waals surface area contributed by atoms with Gasteiger partial charge in [0.1, 0.15) is 11.2 Å². The number of aromatic nitrogens is 2. The zero-order valence-electron chi connectivity index (χ0n) is 6.79. The number of nitrogens with one attached hydrogen (secondary N) is 1. The van der Waals surface area contributed by atoms with Crippen LogP contribution in [-0.4, -0.2) is 21.0 Å². The number of aryl methyl sites for hydroxylation is 1. The summed E-state index contributed by atoms with van der Waals surface area (Å²) < 4.78 is 0. The molecule has 0 amide bonds. The van der Waals surface area contributed by atoms with Gasteiger partial charge in [-0.1, -0.05) is 0 Å². The molecular formula is C8H10N2O2. The lowest BCUT2D eigenvalue weighted by molar-refractivity contribution is -0.140. The third-order valence-electron chi connectivity index (χ3n) is 2.32. The molecule has 0 aliphatic heterocycles. The summed E-state index contributed by atoms with van der Waals surface area (Å²) in [4.78, 5) is 17.8. The summed E-state index contributed by atoms with van der Waals surface area (Å²) in [5.74, 6) is -0.163. The quantitative estimate of drug-likeness (QED) is 0.684. The van der Waals surface area contributed by atoms with Crippen LogP contribution in [0.2, 0.25) is 0 Å². The zero-order chi connectivity index (χ0) is 8.77. The van der Waals surface area contributed by atoms with Crippen molar-refractivity contribution < 1.29 is 9.90 Å². The van der Waals surface area contributed by atoms with Crippen molar-refractivity contribution in [3.8, 4) is 0 Å². The molecule has 0 radical (unpaired) electrons. The van der Waals surface area contributed by atoms with E-state index in [0.29, 0.717) is 18.7 Å². The Balaban J connectivity index is 2.36. The molecule has 0 atom stereocenters. The summed E-state index contributed by atoms with van der Waals surface area (Å²) in [6.07, 6.45) is 3.07. The minimum Gasteiger partial charge on any atom is -0.480 e. The van der Waals surface area contributed by atoms with E-state index in [-0.39, 0.29) is 0 Å². The summed E-state index contributed by atoms with van der Waals surface area (Å²) in [6.45, 7) is 1.87. The van der Waals surface area contributed by atoms with Crippen molar-refractivity contribution in [1.29, 1.82) is 0 Å². The van der Waals surface area contributed by atoms with E-state index < -0.39 is 11.4 Å². The smallest absolute Gasteiger partial charge is 0.317 e. The molecule has 1 aromatic heterocycles. The van der Waals surface area contributed by atoms with Gasteiger partial charge in [-0.05, 0) is 19.8 Å². The van der Waals surface area contributed by atoms with Gasteiger partial charge in [0, 0.05) is 11.9 Å². The Morgan fingerprint density at radius 2 is 2.42 bits per heavy atom. The third kappa shape index (κ3) is 0.841. The number of aliphatic carboxylic acids is 1. The van der Waals surface area contributed by atoms with Crippen molar-refractivity contribution in [3.63, 3.8) is 0 Å². The Morgan fingerprint density at radius 1 is 1.75 bits per heavy atom. The van der Waals surface area contributed by atoms with Crippen LogP contribution in [0.1, 0.15) is 24.4 Å². The molecule has 1 aromatic rings. The number of rotatable bonds is 2. The second-order valence-electron chi connectivity index (χ2n) is 3.30. The summed E-state index contributed by atoms with van der Waals surface area (Å²) in [7, 11) is 0. The van der Waals surface area contributed by atoms with E-state index in [2.05, 4.69) is 9.97 Å². The molecule has 1 saturated carbocycles. The van der Waals surface area contributed by atoms with Crippen molar-refractivity contribution in [2.45, 2.75) is 25.2 Å². The van der Waals surface area contributed by atoms with Crippen LogP contribution >= 0.6 is 0 Å². The van der Waals surface area contributed by atoms with Crippen LogP contribution in [0.25, 0.3) is 0 Å². The molecule has 1 aliphatic carbocycles. The van der Waals surface area contributed by atoms with Gasteiger partial charge in [0.25, 0.3) is 0 Å². The number of hydrogen-bond donors (Lipinski definition) is 2. The van der Waals surface area contributed by atoms with Gasteiger partial charge in [-0.2, -0.15) is 0 Å². The molecule has 1 heterocycles. The lowest BCUT2D eigenvalue weighted by Gasteiger charge is -2.04. The van der Waals surface area contributed by atoms with Crippen LogP contribution in [0, 0.1) is 6.92 Å². The van der Waals surface area contributed by atoms with Gasteiger partial charge >= 0.3 is 5.97 Å². The molecule has 12 heavy (non-hydrogen) atoms. The van der Waals surface area contributed by atoms with Gasteiger partial charge in [-0.15, -0.1) is 0 Å². The van der Waals surface area contributed by atoms with Crippen molar-refractivity contribution in [3.05, 3.63) is 17.7 Å². The second-order valence-corrected chi connectivity index (χ2v) is 3.30. The van der Waals surface area contributed by atoms with Gasteiger partial charge in [-0.3, -0.25) is 4.79 Å². The highest BCUT2D eigenvalue weighted by Gasteiger charge is 2.54. The maximum atomic E-state index is 10.8. The first-order chi connectivity index (χ1) is 5.65. The number of carbonyl (C=O) groups is 1. The highest BCUT2D eigenvalue weighted by Crippen LogP contribution is 2.46. The number of nitrogens with zero attached hydrogens (tertiary/aromatic N) is 1. The molecule has 0 spiro atoms. The SMILES string of the molecule is Cc1cnc(C2(C(=O)O)CC2)[nH]1. The lowest BCUT2D eigenvalue weighted by atomic mass is 10.1. The number of imidazole rings is 1. The van der Waals surface area contributed by atoms with Crippen molar-refractivity contribution in [1.82, 2.24) is 9.97 Å². The maximum Gasteiger partial charge on any atom is 0.317 e. The molecule has 2 rings (SSSR count). The fraction of sp³-hybridized carbons (Fsp3) is 0.500. The summed E-state index contributed by atoms with van der Waals surface area (Å²) in [5, 5.41) is 8.91. The normalized spacial score (nSPS) is 19.1. The number of hydrogen-bond acceptors (Lipinski definition) is 2. The Bertz CT molecular complexity index is 326. The average molecular weight is 166 g/mol. The van der Waals surface area contributed by atoms with E-state index in [1.807, 2.05) is 6.92 Å². The highest BCUT2D eigenvalue weighted by molar-refractivity contribution is 5.83. The number of carboxylic acid groups (broad SMARTS) is 1. The van der Waals surface area contributed by atoms with E-state index in [9.17, 15) is 4.79 Å². The number of aromatic amines is 1. The van der Waals surface area contributed by atoms with Crippen molar-refractivity contribution >= 4 is 5.97 Å². The Labute approximate surface area is 69.6 Å². The molecule has 4 nitrogen and oxygen atoms in total. The van der Waals surface area contributed by atoms with Crippen LogP contribution in [0.5, 0.6) is 0 Å². The lowest BCUT2D eigenvalue weighted by Crippen LogP contribution is -2.20. The topological polar surface area (TPSA) is 66.0 Å². The zero-order valence-corrected chi connectivity index (χ0v) is 6.79. The fourth-order valence-electron chi connectivity index (χ4n) is 1.33. The first-order valence-corrected chi connectivity index (χ1v) is 3.91. The monoisotopic (exact) mass is 166 g/mol. The van der Waals surface area contributed by atoms with Crippen molar-refractivity contribution in [2.24, 2.45) is 0 Å². The highest BCUT2D eigenvalue weighted by atomic mass is 16.4. The van der Waals surface area contributed by atoms with E-state index >= 15 is 0 Å². The Morgan fingerprint density at radius 3 is 2.75 bits per heavy atom. The molecule has 0 unspecified atom stereocenters. The van der Waals surface area contributed by atoms with Crippen LogP contribution in [0.3, 0.4) is 0 Å². The summed E-state index contributed by atoms with van der Waals surface area (Å²) >= 11 is 0. The maximum absolute atomic E-state index is 10.8. The van der Waals surface area contributed by atoms with Crippen LogP contribution in [0.4, 0.5) is 0 Å². The van der Waals surface area contributed by atoms with E-state index in [1.165, 1.54) is 0 Å². The molecule has 1 aliphatic rings. The van der Waals surface area contributed by atoms with E-state index in [4.69, 9.17) is 5.11 Å². The first kappa shape index (κ1) is 7.34. The number of H-pyrrole nitrogens is 1. The van der Waals surface area contributed by atoms with E-state index in [1.54, 1.807) is 6.20 Å². The molecule has 0 bridgehead atoms. The molecular weight excluding hydrogens is 156 g/mol. The Kier molecular flexibility index (Phi) is 1.28. The molecule has 2 N–H and O–H groups in total. The predicted molar refractivity (Wildman–Crippen MR) is 41.9 cm³/mol. The van der Waals surface area contributed by atoms with Crippen molar-refractivity contribution in [2.75, 3.05) is 0 Å². The predicted octanol–water partition coefficient (Wildman–Crippen LogP) is 0.834. The van der Waals surface area contributed by atoms with Gasteiger partial charge in [0.2, 0.25) is 0 Å². The first-order valence-electron chi connectivity index (χ1n) is 3.91. The third-order valence-corrected chi connectivity index (χ3v) is 2.32. The Hall–Kier alpha value is -1.32. The standard InChI is InChI=1S/C8H10N2O2/c1-5-4-9-6(10-5)8(2-3-8)7(11)12/h4H,2-3H2,1H3,(H,9,10)(H,11,12). The van der Waals surface area contributed by atoms with Gasteiger partial charge in [0.05, 0.1) is 0 Å². The summed E-state index contributed by atoms with van der Waals surface area (Å²) in [5.41, 5.74) is 0.228. The van der Waals surface area contributed by atoms with Gasteiger partial charge in [-0.25, -0.2) is 4.98 Å². The molecule has 1 fully saturated rings. The minimum atomic E-state index is -0.767. The van der Waals surface area contributed by atoms with Crippen LogP contribution < -0.4 is 0 Å². The fourth-order valence-corrected chi connectivity index (χ4v) is 1.33. The molecule has 0 aromatic carbocycles. The molecule has 4 heteroatoms.